The summed E-state index contributed by atoms with van der Waals surface area (Å²) in [6, 6.07) is 0. The van der Waals surface area contributed by atoms with E-state index in [4.69, 9.17) is 28.4 Å². The van der Waals surface area contributed by atoms with Crippen molar-refractivity contribution < 1.29 is 94.8 Å². The number of hydrogen-bond acceptors (Lipinski definition) is 19. The molecule has 0 amide bonds. The maximum Gasteiger partial charge on any atom is 0.187 e. The second-order valence-electron chi connectivity index (χ2n) is 23.6. The second kappa shape index (κ2) is 18.5. The fourth-order valence-electron chi connectivity index (χ4n) is 15.2. The van der Waals surface area contributed by atoms with E-state index in [-0.39, 0.29) is 36.4 Å². The van der Waals surface area contributed by atoms with Crippen LogP contribution in [0.3, 0.4) is 0 Å². The second-order valence-corrected chi connectivity index (χ2v) is 23.6. The van der Waals surface area contributed by atoms with Gasteiger partial charge in [-0.3, -0.25) is 0 Å². The summed E-state index contributed by atoms with van der Waals surface area (Å²) in [6.45, 7) is 12.7. The zero-order valence-electron chi connectivity index (χ0n) is 40.0. The Balaban J connectivity index is 1.06. The van der Waals surface area contributed by atoms with Crippen LogP contribution in [-0.2, 0) is 28.4 Å². The molecule has 7 fully saturated rings. The molecule has 0 spiro atoms. The molecule has 13 N–H and O–H groups in total. The molecule has 0 unspecified atom stereocenters. The average molecular weight is 961 g/mol. The predicted molar refractivity (Wildman–Crippen MR) is 233 cm³/mol. The summed E-state index contributed by atoms with van der Waals surface area (Å²) >= 11 is 0. The van der Waals surface area contributed by atoms with E-state index in [1.807, 2.05) is 13.0 Å². The van der Waals surface area contributed by atoms with Gasteiger partial charge in [-0.05, 0) is 91.8 Å². The van der Waals surface area contributed by atoms with Gasteiger partial charge in [0.25, 0.3) is 0 Å². The number of ether oxygens (including phenoxy) is 6. The van der Waals surface area contributed by atoms with Crippen LogP contribution < -0.4 is 0 Å². The minimum atomic E-state index is -1.84. The smallest absolute Gasteiger partial charge is 0.187 e. The van der Waals surface area contributed by atoms with Crippen molar-refractivity contribution in [2.75, 3.05) is 26.4 Å². The topological polar surface area (TPSA) is 318 Å². The highest BCUT2D eigenvalue weighted by molar-refractivity contribution is 5.37. The van der Waals surface area contributed by atoms with Gasteiger partial charge in [0, 0.05) is 16.7 Å². The van der Waals surface area contributed by atoms with Crippen molar-refractivity contribution >= 4 is 0 Å². The zero-order valence-corrected chi connectivity index (χ0v) is 40.0. The Morgan fingerprint density at radius 2 is 1.25 bits per heavy atom. The molecule has 19 nitrogen and oxygen atoms in total. The molecule has 8 rings (SSSR count). The third-order valence-electron chi connectivity index (χ3n) is 19.5. The third-order valence-corrected chi connectivity index (χ3v) is 19.5. The first-order valence-electron chi connectivity index (χ1n) is 24.5. The molecule has 3 saturated heterocycles. The molecule has 386 valence electrons. The lowest BCUT2D eigenvalue weighted by molar-refractivity contribution is -0.375. The Bertz CT molecular complexity index is 1790. The van der Waals surface area contributed by atoms with Crippen molar-refractivity contribution in [3.05, 3.63) is 11.6 Å². The molecule has 3 aliphatic heterocycles. The molecule has 4 saturated carbocycles. The first-order chi connectivity index (χ1) is 31.3. The van der Waals surface area contributed by atoms with E-state index < -0.39 is 151 Å². The minimum Gasteiger partial charge on any atom is -0.396 e. The van der Waals surface area contributed by atoms with Crippen LogP contribution in [-0.4, -0.2) is 203 Å². The van der Waals surface area contributed by atoms with Crippen molar-refractivity contribution in [3.63, 3.8) is 0 Å². The summed E-state index contributed by atoms with van der Waals surface area (Å²) in [4.78, 5) is 0. The van der Waals surface area contributed by atoms with Crippen LogP contribution in [0.5, 0.6) is 0 Å². The lowest BCUT2D eigenvalue weighted by Crippen LogP contribution is -2.70. The van der Waals surface area contributed by atoms with Crippen LogP contribution in [0.15, 0.2) is 11.6 Å². The number of aliphatic hydroxyl groups excluding tert-OH is 13. The van der Waals surface area contributed by atoms with Gasteiger partial charge in [0.05, 0.1) is 50.8 Å². The summed E-state index contributed by atoms with van der Waals surface area (Å²) in [6.07, 6.45) is -19.4. The molecular weight excluding hydrogens is 881 g/mol. The van der Waals surface area contributed by atoms with Gasteiger partial charge in [-0.15, -0.1) is 0 Å². The van der Waals surface area contributed by atoms with Crippen molar-refractivity contribution in [2.45, 2.75) is 210 Å². The summed E-state index contributed by atoms with van der Waals surface area (Å²) in [5.41, 5.74) is -2.07. The summed E-state index contributed by atoms with van der Waals surface area (Å²) < 4.78 is 36.0. The molecule has 0 aromatic heterocycles. The maximum atomic E-state index is 12.5. The molecule has 19 heteroatoms. The normalized spacial score (nSPS) is 56.5. The number of aliphatic hydroxyl groups is 13. The van der Waals surface area contributed by atoms with Crippen LogP contribution in [0.25, 0.3) is 0 Å². The molecule has 5 aliphatic carbocycles. The molecule has 0 radical (unpaired) electrons. The molecule has 3 heterocycles. The molecule has 0 aromatic carbocycles. The van der Waals surface area contributed by atoms with Gasteiger partial charge in [0.1, 0.15) is 67.1 Å². The Labute approximate surface area is 392 Å². The summed E-state index contributed by atoms with van der Waals surface area (Å²) in [5.74, 6) is -0.615. The van der Waals surface area contributed by atoms with Crippen molar-refractivity contribution in [2.24, 2.45) is 50.2 Å². The predicted octanol–water partition coefficient (Wildman–Crippen LogP) is -1.44. The first kappa shape index (κ1) is 52.3. The highest BCUT2D eigenvalue weighted by Crippen LogP contribution is 2.76. The fourth-order valence-corrected chi connectivity index (χ4v) is 15.2. The lowest BCUT2D eigenvalue weighted by Gasteiger charge is -2.72. The van der Waals surface area contributed by atoms with Gasteiger partial charge in [-0.1, -0.05) is 53.2 Å². The quantitative estimate of drug-likeness (QED) is 0.0881. The van der Waals surface area contributed by atoms with E-state index in [2.05, 4.69) is 34.6 Å². The van der Waals surface area contributed by atoms with E-state index in [1.54, 1.807) is 0 Å². The maximum absolute atomic E-state index is 12.5. The number of allylic oxidation sites excluding steroid dienone is 1. The highest BCUT2D eigenvalue weighted by Gasteiger charge is 2.72. The van der Waals surface area contributed by atoms with Crippen LogP contribution in [0.4, 0.5) is 0 Å². The minimum absolute atomic E-state index is 0.00812. The summed E-state index contributed by atoms with van der Waals surface area (Å²) in [7, 11) is 0. The van der Waals surface area contributed by atoms with Gasteiger partial charge in [0.15, 0.2) is 18.9 Å². The van der Waals surface area contributed by atoms with Crippen LogP contribution in [0.1, 0.15) is 99.8 Å². The first-order valence-corrected chi connectivity index (χ1v) is 24.5. The Hall–Kier alpha value is -1.02. The molecule has 67 heavy (non-hydrogen) atoms. The largest absolute Gasteiger partial charge is 0.396 e. The van der Waals surface area contributed by atoms with Gasteiger partial charge >= 0.3 is 0 Å². The van der Waals surface area contributed by atoms with Gasteiger partial charge in [-0.2, -0.15) is 0 Å². The molecule has 0 aromatic rings. The van der Waals surface area contributed by atoms with Gasteiger partial charge < -0.3 is 94.8 Å². The number of rotatable bonds is 10. The van der Waals surface area contributed by atoms with Gasteiger partial charge in [0.2, 0.25) is 0 Å². The van der Waals surface area contributed by atoms with Crippen molar-refractivity contribution in [1.82, 2.24) is 0 Å². The van der Waals surface area contributed by atoms with E-state index in [0.29, 0.717) is 38.5 Å². The van der Waals surface area contributed by atoms with Crippen LogP contribution in [0.2, 0.25) is 0 Å². The SMILES string of the molecule is C[C@@H]1O[C@@H](O[C@H]2[C@H](O)[C@@H](O)[C@H](O[C@H]3CC[C@@]4(C)[C@H](CC[C@]5(C)[C@@H]4[C@H](O)C=C4[C@H]6CC(C)(C)CC[C@]6(CO)[C@@H](O)C[C@]45C)[C@]3(C)CO)O[C@@H]2CO[C@@H]2O[C@H](CO)[C@@H](O)[C@H](O)[C@H]2O)[C@H](O)[C@H](O)[C@H]1O. The molecule has 26 atom stereocenters. The van der Waals surface area contributed by atoms with Crippen LogP contribution >= 0.6 is 0 Å². The lowest BCUT2D eigenvalue weighted by atomic mass is 9.33. The Kier molecular flexibility index (Phi) is 14.4. The monoisotopic (exact) mass is 961 g/mol. The van der Waals surface area contributed by atoms with E-state index >= 15 is 0 Å². The van der Waals surface area contributed by atoms with E-state index in [0.717, 1.165) is 18.4 Å². The highest BCUT2D eigenvalue weighted by atomic mass is 16.8. The average Bonchev–Trinajstić information content (AvgIpc) is 3.27. The van der Waals surface area contributed by atoms with Crippen LogP contribution in [0, 0.1) is 50.2 Å². The fraction of sp³-hybridized carbons (Fsp3) is 0.958. The molecular formula is C48H80O19. The van der Waals surface area contributed by atoms with Crippen molar-refractivity contribution in [3.8, 4) is 0 Å². The van der Waals surface area contributed by atoms with Crippen molar-refractivity contribution in [1.29, 1.82) is 0 Å². The zero-order chi connectivity index (χ0) is 49.1. The Morgan fingerprint density at radius 1 is 0.627 bits per heavy atom. The number of hydrogen-bond donors (Lipinski definition) is 13. The van der Waals surface area contributed by atoms with Gasteiger partial charge in [-0.25, -0.2) is 0 Å². The standard InChI is InChI=1S/C48H80O19/c1-21-30(54)32(56)36(60)41(63-21)67-38-26(18-62-40-35(59)33(57)31(55)25(17-49)64-40)65-42(37(61)34(38)58)66-29-9-10-44(4)27(45(29,5)19-50)8-11-46(6)39(44)24(52)14-22-23-15-43(2,3)12-13-48(23,20-51)28(53)16-47(22,46)7/h14,21,23-42,49-61H,8-13,15-20H2,1-7H3/t21-,23+,24+,25+,26+,27-,28-,29-,30-,31+,32+,33-,34+,35+,36+,37+,38+,39+,40+,41-,42-,44-,45-,46+,47+,48+/m0/s1. The third kappa shape index (κ3) is 8.14. The molecule has 0 bridgehead atoms. The number of fused-ring (bicyclic) bond motifs is 7. The van der Waals surface area contributed by atoms with E-state index in [9.17, 15) is 66.4 Å². The summed E-state index contributed by atoms with van der Waals surface area (Å²) in [5, 5.41) is 144. The molecule has 8 aliphatic rings. The Morgan fingerprint density at radius 3 is 1.91 bits per heavy atom. The van der Waals surface area contributed by atoms with E-state index in [1.165, 1.54) is 6.92 Å².